The van der Waals surface area contributed by atoms with E-state index in [0.29, 0.717) is 5.02 Å². The molecule has 1 N–H and O–H groups in total. The Morgan fingerprint density at radius 1 is 1.18 bits per heavy atom. The van der Waals surface area contributed by atoms with Crippen molar-refractivity contribution in [1.29, 1.82) is 0 Å². The zero-order chi connectivity index (χ0) is 21.1. The Labute approximate surface area is 166 Å². The summed E-state index contributed by atoms with van der Waals surface area (Å²) in [5.74, 6) is -0.748. The molecule has 10 heteroatoms. The van der Waals surface area contributed by atoms with Crippen molar-refractivity contribution in [2.24, 2.45) is 0 Å². The average molecular weight is 435 g/mol. The van der Waals surface area contributed by atoms with E-state index in [-0.39, 0.29) is 17.8 Å². The molecule has 1 unspecified atom stereocenters. The highest BCUT2D eigenvalue weighted by molar-refractivity contribution is 7.92. The van der Waals surface area contributed by atoms with E-state index in [2.05, 4.69) is 5.32 Å². The van der Waals surface area contributed by atoms with Crippen molar-refractivity contribution in [2.45, 2.75) is 25.6 Å². The Morgan fingerprint density at radius 3 is 2.29 bits per heavy atom. The number of sulfonamides is 1. The molecular formula is C18H18ClF3N2O3S. The second-order valence-electron chi connectivity index (χ2n) is 6.03. The van der Waals surface area contributed by atoms with E-state index in [1.54, 1.807) is 6.92 Å². The van der Waals surface area contributed by atoms with E-state index < -0.39 is 33.7 Å². The number of halogens is 4. The molecule has 28 heavy (non-hydrogen) atoms. The lowest BCUT2D eigenvalue weighted by Gasteiger charge is -2.30. The summed E-state index contributed by atoms with van der Waals surface area (Å²) in [6.07, 6.45) is -3.52. The van der Waals surface area contributed by atoms with Crippen LogP contribution in [0.5, 0.6) is 0 Å². The second-order valence-corrected chi connectivity index (χ2v) is 8.32. The van der Waals surface area contributed by atoms with Gasteiger partial charge in [0.05, 0.1) is 17.5 Å². The number of rotatable bonds is 6. The summed E-state index contributed by atoms with van der Waals surface area (Å²) in [5.41, 5.74) is -0.781. The number of nitrogens with one attached hydrogen (secondary N) is 1. The second kappa shape index (κ2) is 8.40. The van der Waals surface area contributed by atoms with Crippen molar-refractivity contribution < 1.29 is 26.4 Å². The molecule has 0 saturated carbocycles. The van der Waals surface area contributed by atoms with E-state index in [1.165, 1.54) is 30.3 Å². The Hall–Kier alpha value is -2.26. The van der Waals surface area contributed by atoms with E-state index in [1.807, 2.05) is 0 Å². The lowest BCUT2D eigenvalue weighted by Crippen LogP contribution is -2.47. The van der Waals surface area contributed by atoms with Gasteiger partial charge in [0.25, 0.3) is 0 Å². The molecule has 0 aliphatic heterocycles. The van der Waals surface area contributed by atoms with E-state index >= 15 is 0 Å². The van der Waals surface area contributed by atoms with Crippen molar-refractivity contribution in [3.05, 3.63) is 59.1 Å². The SMILES string of the molecule is CCC(C(=O)Nc1cccc(C(F)(F)F)c1)N(c1ccc(Cl)cc1)S(C)(=O)=O. The molecule has 0 saturated heterocycles. The fraction of sp³-hybridized carbons (Fsp3) is 0.278. The molecule has 1 atom stereocenters. The van der Waals surface area contributed by atoms with Crippen LogP contribution in [-0.2, 0) is 21.0 Å². The number of anilines is 2. The Balaban J connectivity index is 2.36. The topological polar surface area (TPSA) is 66.5 Å². The van der Waals surface area contributed by atoms with Crippen LogP contribution < -0.4 is 9.62 Å². The molecule has 0 bridgehead atoms. The summed E-state index contributed by atoms with van der Waals surface area (Å²) in [6.45, 7) is 1.60. The third kappa shape index (κ3) is 5.39. The maximum Gasteiger partial charge on any atom is 0.416 e. The lowest BCUT2D eigenvalue weighted by atomic mass is 10.1. The molecule has 2 rings (SSSR count). The van der Waals surface area contributed by atoms with Crippen LogP contribution in [0.4, 0.5) is 24.5 Å². The van der Waals surface area contributed by atoms with Gasteiger partial charge in [-0.2, -0.15) is 13.2 Å². The molecule has 0 heterocycles. The quantitative estimate of drug-likeness (QED) is 0.725. The number of carbonyl (C=O) groups is 1. The molecule has 0 radical (unpaired) electrons. The van der Waals surface area contributed by atoms with Gasteiger partial charge in [-0.1, -0.05) is 24.6 Å². The highest BCUT2D eigenvalue weighted by atomic mass is 35.5. The molecule has 0 aliphatic rings. The number of carbonyl (C=O) groups excluding carboxylic acids is 1. The largest absolute Gasteiger partial charge is 0.416 e. The van der Waals surface area contributed by atoms with Crippen LogP contribution in [0.3, 0.4) is 0 Å². The first-order chi connectivity index (χ1) is 12.9. The highest BCUT2D eigenvalue weighted by Crippen LogP contribution is 2.31. The summed E-state index contributed by atoms with van der Waals surface area (Å²) in [5, 5.41) is 2.76. The van der Waals surface area contributed by atoms with Crippen molar-refractivity contribution >= 4 is 38.9 Å². The van der Waals surface area contributed by atoms with E-state index in [0.717, 1.165) is 28.8 Å². The molecule has 0 fully saturated rings. The number of hydrogen-bond acceptors (Lipinski definition) is 3. The normalized spacial score (nSPS) is 13.1. The van der Waals surface area contributed by atoms with Gasteiger partial charge in [0, 0.05) is 10.7 Å². The fourth-order valence-electron chi connectivity index (χ4n) is 2.65. The van der Waals surface area contributed by atoms with Gasteiger partial charge in [0.2, 0.25) is 15.9 Å². The fourth-order valence-corrected chi connectivity index (χ4v) is 3.98. The third-order valence-electron chi connectivity index (χ3n) is 3.87. The van der Waals surface area contributed by atoms with Gasteiger partial charge in [-0.15, -0.1) is 0 Å². The Kier molecular flexibility index (Phi) is 6.61. The minimum Gasteiger partial charge on any atom is -0.324 e. The summed E-state index contributed by atoms with van der Waals surface area (Å²) >= 11 is 5.83. The first-order valence-electron chi connectivity index (χ1n) is 8.16. The molecule has 1 amide bonds. The van der Waals surface area contributed by atoms with Crippen LogP contribution in [-0.4, -0.2) is 26.6 Å². The summed E-state index contributed by atoms with van der Waals surface area (Å²) in [7, 11) is -3.86. The first kappa shape index (κ1) is 22.0. The van der Waals surface area contributed by atoms with E-state index in [4.69, 9.17) is 11.6 Å². The van der Waals surface area contributed by atoms with Crippen molar-refractivity contribution in [1.82, 2.24) is 0 Å². The number of nitrogens with zero attached hydrogens (tertiary/aromatic N) is 1. The summed E-state index contributed by atoms with van der Waals surface area (Å²) in [6, 6.07) is 8.82. The van der Waals surface area contributed by atoms with Crippen LogP contribution >= 0.6 is 11.6 Å². The van der Waals surface area contributed by atoms with Crippen LogP contribution in [0.25, 0.3) is 0 Å². The van der Waals surface area contributed by atoms with Gasteiger partial charge in [0.1, 0.15) is 6.04 Å². The van der Waals surface area contributed by atoms with E-state index in [9.17, 15) is 26.4 Å². The van der Waals surface area contributed by atoms with Gasteiger partial charge in [-0.05, 0) is 48.9 Å². The average Bonchev–Trinajstić information content (AvgIpc) is 2.59. The maximum atomic E-state index is 12.9. The standard InChI is InChI=1S/C18H18ClF3N2O3S/c1-3-16(24(28(2,26)27)15-9-7-13(19)8-10-15)17(25)23-14-6-4-5-12(11-14)18(20,21)22/h4-11,16H,3H2,1-2H3,(H,23,25). The molecule has 5 nitrogen and oxygen atoms in total. The predicted molar refractivity (Wildman–Crippen MR) is 103 cm³/mol. The van der Waals surface area contributed by atoms with Crippen molar-refractivity contribution in [2.75, 3.05) is 15.9 Å². The molecule has 0 spiro atoms. The lowest BCUT2D eigenvalue weighted by molar-refractivity contribution is -0.137. The van der Waals surface area contributed by atoms with Crippen LogP contribution in [0.15, 0.2) is 48.5 Å². The van der Waals surface area contributed by atoms with Crippen molar-refractivity contribution in [3.8, 4) is 0 Å². The minimum absolute atomic E-state index is 0.0807. The zero-order valence-electron chi connectivity index (χ0n) is 15.0. The summed E-state index contributed by atoms with van der Waals surface area (Å²) in [4.78, 5) is 12.7. The van der Waals surface area contributed by atoms with Gasteiger partial charge in [-0.3, -0.25) is 9.10 Å². The number of amides is 1. The molecular weight excluding hydrogens is 417 g/mol. The van der Waals surface area contributed by atoms with Crippen molar-refractivity contribution in [3.63, 3.8) is 0 Å². The zero-order valence-corrected chi connectivity index (χ0v) is 16.6. The Morgan fingerprint density at radius 2 is 1.79 bits per heavy atom. The molecule has 2 aromatic carbocycles. The van der Waals surface area contributed by atoms with Gasteiger partial charge >= 0.3 is 6.18 Å². The van der Waals surface area contributed by atoms with Gasteiger partial charge in [-0.25, -0.2) is 8.42 Å². The monoisotopic (exact) mass is 434 g/mol. The maximum absolute atomic E-state index is 12.9. The molecule has 0 aliphatic carbocycles. The van der Waals surface area contributed by atoms with Crippen LogP contribution in [0.2, 0.25) is 5.02 Å². The number of hydrogen-bond donors (Lipinski definition) is 1. The summed E-state index contributed by atoms with van der Waals surface area (Å²) < 4.78 is 64.1. The van der Waals surface area contributed by atoms with Crippen LogP contribution in [0.1, 0.15) is 18.9 Å². The third-order valence-corrected chi connectivity index (χ3v) is 5.30. The minimum atomic E-state index is -4.56. The number of benzene rings is 2. The highest BCUT2D eigenvalue weighted by Gasteiger charge is 2.33. The van der Waals surface area contributed by atoms with Crippen LogP contribution in [0, 0.1) is 0 Å². The molecule has 0 aromatic heterocycles. The first-order valence-corrected chi connectivity index (χ1v) is 10.4. The molecule has 2 aromatic rings. The Bertz CT molecular complexity index is 947. The molecule has 152 valence electrons. The smallest absolute Gasteiger partial charge is 0.324 e. The number of alkyl halides is 3. The predicted octanol–water partition coefficient (Wildman–Crippen LogP) is 4.54. The van der Waals surface area contributed by atoms with Gasteiger partial charge < -0.3 is 5.32 Å². The van der Waals surface area contributed by atoms with Gasteiger partial charge in [0.15, 0.2) is 0 Å².